The van der Waals surface area contributed by atoms with E-state index in [1.54, 1.807) is 42.5 Å². The highest BCUT2D eigenvalue weighted by Gasteiger charge is 2.51. The summed E-state index contributed by atoms with van der Waals surface area (Å²) in [7, 11) is 0. The molecule has 2 aromatic carbocycles. The fourth-order valence-electron chi connectivity index (χ4n) is 3.43. The Bertz CT molecular complexity index is 1130. The van der Waals surface area contributed by atoms with Gasteiger partial charge in [-0.1, -0.05) is 41.4 Å². The number of Topliss-reactive ketones (excluding diaryl/α,β-unsaturated/α-hetero) is 1. The van der Waals surface area contributed by atoms with Crippen molar-refractivity contribution in [2.24, 2.45) is 0 Å². The molecule has 8 heteroatoms. The molecule has 148 valence electrons. The molecule has 0 spiro atoms. The van der Waals surface area contributed by atoms with Crippen molar-refractivity contribution in [1.29, 1.82) is 0 Å². The smallest absolute Gasteiger partial charge is 0.264 e. The zero-order chi connectivity index (χ0) is 20.8. The van der Waals surface area contributed by atoms with Crippen molar-refractivity contribution in [1.82, 2.24) is 0 Å². The minimum atomic E-state index is -1.99. The molecular weight excluding hydrogens is 497 g/mol. The number of anilines is 1. The highest BCUT2D eigenvalue weighted by atomic mass is 79.9. The lowest BCUT2D eigenvalue weighted by atomic mass is 9.89. The topological polar surface area (TPSA) is 57.6 Å². The number of nitrogens with zero attached hydrogens (tertiary/aromatic N) is 1. The van der Waals surface area contributed by atoms with E-state index in [9.17, 15) is 14.7 Å². The van der Waals surface area contributed by atoms with Crippen LogP contribution in [0.15, 0.2) is 58.4 Å². The number of rotatable bonds is 5. The summed E-state index contributed by atoms with van der Waals surface area (Å²) in [5, 5.41) is 12.3. The van der Waals surface area contributed by atoms with Crippen LogP contribution in [0.5, 0.6) is 0 Å². The highest BCUT2D eigenvalue weighted by molar-refractivity contribution is 9.11. The zero-order valence-corrected chi connectivity index (χ0v) is 18.8. The predicted octanol–water partition coefficient (Wildman–Crippen LogP) is 5.82. The molecule has 0 bridgehead atoms. The van der Waals surface area contributed by atoms with Gasteiger partial charge in [-0.2, -0.15) is 0 Å². The number of ketones is 1. The molecule has 0 saturated carbocycles. The minimum absolute atomic E-state index is 0.175. The van der Waals surface area contributed by atoms with Crippen molar-refractivity contribution in [3.8, 4) is 0 Å². The first-order valence-corrected chi connectivity index (χ1v) is 11.0. The first-order chi connectivity index (χ1) is 13.8. The number of benzene rings is 2. The Morgan fingerprint density at radius 3 is 2.59 bits per heavy atom. The Balaban J connectivity index is 1.73. The van der Waals surface area contributed by atoms with Crippen molar-refractivity contribution < 1.29 is 14.7 Å². The standard InChI is InChI=1S/C21H14BrCl2NO3S/c22-19-8-7-18(29-19)17(26)10-21(28)14-9-13(23)5-6-16(14)25(20(21)27)11-12-3-1-2-4-15(12)24/h1-9,28H,10-11H2/t21-/m1/s1. The van der Waals surface area contributed by atoms with Crippen LogP contribution >= 0.6 is 50.5 Å². The average Bonchev–Trinajstić information content (AvgIpc) is 3.20. The van der Waals surface area contributed by atoms with Gasteiger partial charge in [0.15, 0.2) is 11.4 Å². The molecule has 29 heavy (non-hydrogen) atoms. The second-order valence-electron chi connectivity index (χ2n) is 6.71. The second-order valence-corrected chi connectivity index (χ2v) is 10.0. The first-order valence-electron chi connectivity index (χ1n) is 8.66. The molecule has 1 aliphatic rings. The average molecular weight is 511 g/mol. The number of halogens is 3. The van der Waals surface area contributed by atoms with Crippen LogP contribution in [-0.2, 0) is 16.9 Å². The van der Waals surface area contributed by atoms with E-state index in [0.29, 0.717) is 26.2 Å². The largest absolute Gasteiger partial charge is 0.375 e. The fraction of sp³-hybridized carbons (Fsp3) is 0.143. The van der Waals surface area contributed by atoms with Gasteiger partial charge in [-0.25, -0.2) is 0 Å². The van der Waals surface area contributed by atoms with Crippen molar-refractivity contribution in [2.45, 2.75) is 18.6 Å². The molecular formula is C21H14BrCl2NO3S. The molecule has 0 radical (unpaired) electrons. The van der Waals surface area contributed by atoms with Gasteiger partial charge in [0.05, 0.1) is 27.3 Å². The molecule has 1 aromatic heterocycles. The van der Waals surface area contributed by atoms with Crippen LogP contribution in [0.25, 0.3) is 0 Å². The number of aliphatic hydroxyl groups is 1. The highest BCUT2D eigenvalue weighted by Crippen LogP contribution is 2.45. The van der Waals surface area contributed by atoms with Crippen LogP contribution in [0, 0.1) is 0 Å². The van der Waals surface area contributed by atoms with E-state index in [1.807, 2.05) is 12.1 Å². The zero-order valence-electron chi connectivity index (χ0n) is 14.9. The molecule has 0 aliphatic carbocycles. The summed E-state index contributed by atoms with van der Waals surface area (Å²) in [6, 6.07) is 15.5. The van der Waals surface area contributed by atoms with Crippen LogP contribution < -0.4 is 4.90 Å². The maximum atomic E-state index is 13.3. The fourth-order valence-corrected chi connectivity index (χ4v) is 5.12. The van der Waals surface area contributed by atoms with Crippen LogP contribution in [-0.4, -0.2) is 16.8 Å². The Hall–Kier alpha value is -1.70. The monoisotopic (exact) mass is 509 g/mol. The maximum Gasteiger partial charge on any atom is 0.264 e. The van der Waals surface area contributed by atoms with E-state index in [-0.39, 0.29) is 18.7 Å². The molecule has 2 heterocycles. The Morgan fingerprint density at radius 2 is 1.90 bits per heavy atom. The van der Waals surface area contributed by atoms with Crippen LogP contribution in [0.2, 0.25) is 10.0 Å². The predicted molar refractivity (Wildman–Crippen MR) is 119 cm³/mol. The second kappa shape index (κ2) is 7.85. The van der Waals surface area contributed by atoms with Crippen molar-refractivity contribution in [3.63, 3.8) is 0 Å². The maximum absolute atomic E-state index is 13.3. The van der Waals surface area contributed by atoms with E-state index in [4.69, 9.17) is 23.2 Å². The molecule has 3 aromatic rings. The Morgan fingerprint density at radius 1 is 1.14 bits per heavy atom. The molecule has 1 amide bonds. The van der Waals surface area contributed by atoms with Gasteiger partial charge in [-0.15, -0.1) is 11.3 Å². The summed E-state index contributed by atoms with van der Waals surface area (Å²) >= 11 is 17.0. The third-order valence-corrected chi connectivity index (χ3v) is 7.11. The van der Waals surface area contributed by atoms with E-state index < -0.39 is 11.5 Å². The molecule has 0 saturated heterocycles. The van der Waals surface area contributed by atoms with Crippen molar-refractivity contribution in [3.05, 3.63) is 84.4 Å². The normalized spacial score (nSPS) is 18.2. The summed E-state index contributed by atoms with van der Waals surface area (Å²) in [4.78, 5) is 28.0. The lowest BCUT2D eigenvalue weighted by Gasteiger charge is -2.23. The third-order valence-electron chi connectivity index (χ3n) is 4.84. The van der Waals surface area contributed by atoms with Gasteiger partial charge in [0, 0.05) is 15.6 Å². The summed E-state index contributed by atoms with van der Waals surface area (Å²) in [6.45, 7) is 0.175. The van der Waals surface area contributed by atoms with Gasteiger partial charge >= 0.3 is 0 Å². The van der Waals surface area contributed by atoms with Crippen LogP contribution in [0.4, 0.5) is 5.69 Å². The number of amides is 1. The first kappa shape index (κ1) is 20.6. The SMILES string of the molecule is O=C(C[C@]1(O)C(=O)N(Cc2ccccc2Cl)c2ccc(Cl)cc21)c1ccc(Br)s1. The third kappa shape index (κ3) is 3.76. The van der Waals surface area contributed by atoms with Crippen LogP contribution in [0.1, 0.15) is 27.2 Å². The lowest BCUT2D eigenvalue weighted by molar-refractivity contribution is -0.136. The molecule has 1 atom stereocenters. The van der Waals surface area contributed by atoms with E-state index >= 15 is 0 Å². The quantitative estimate of drug-likeness (QED) is 0.439. The summed E-state index contributed by atoms with van der Waals surface area (Å²) < 4.78 is 0.800. The molecule has 1 aliphatic heterocycles. The number of thiophene rings is 1. The van der Waals surface area contributed by atoms with Gasteiger partial charge in [0.2, 0.25) is 0 Å². The number of hydrogen-bond donors (Lipinski definition) is 1. The molecule has 4 nitrogen and oxygen atoms in total. The van der Waals surface area contributed by atoms with Gasteiger partial charge < -0.3 is 10.0 Å². The number of carbonyl (C=O) groups excluding carboxylic acids is 2. The lowest BCUT2D eigenvalue weighted by Crippen LogP contribution is -2.41. The summed E-state index contributed by atoms with van der Waals surface area (Å²) in [6.07, 6.45) is -0.370. The van der Waals surface area contributed by atoms with Gasteiger partial charge in [0.1, 0.15) is 0 Å². The Kier molecular flexibility index (Phi) is 5.57. The minimum Gasteiger partial charge on any atom is -0.375 e. The van der Waals surface area contributed by atoms with Crippen LogP contribution in [0.3, 0.4) is 0 Å². The van der Waals surface area contributed by atoms with E-state index in [2.05, 4.69) is 15.9 Å². The molecule has 0 fully saturated rings. The van der Waals surface area contributed by atoms with Crippen molar-refractivity contribution in [2.75, 3.05) is 4.90 Å². The Labute approximate surface area is 189 Å². The summed E-state index contributed by atoms with van der Waals surface area (Å²) in [5.41, 5.74) is -0.413. The molecule has 4 rings (SSSR count). The van der Waals surface area contributed by atoms with E-state index in [0.717, 1.165) is 9.35 Å². The van der Waals surface area contributed by atoms with Gasteiger partial charge in [-0.05, 0) is 57.9 Å². The summed E-state index contributed by atoms with van der Waals surface area (Å²) in [5.74, 6) is -0.888. The number of carbonyl (C=O) groups is 2. The van der Waals surface area contributed by atoms with Gasteiger partial charge in [0.25, 0.3) is 5.91 Å². The van der Waals surface area contributed by atoms with E-state index in [1.165, 1.54) is 16.2 Å². The number of hydrogen-bond acceptors (Lipinski definition) is 4. The molecule has 1 N–H and O–H groups in total. The van der Waals surface area contributed by atoms with Crippen molar-refractivity contribution >= 4 is 67.8 Å². The number of fused-ring (bicyclic) bond motifs is 1. The van der Waals surface area contributed by atoms with Gasteiger partial charge in [-0.3, -0.25) is 9.59 Å². The molecule has 0 unspecified atom stereocenters.